The number of allylic oxidation sites excluding steroid dienone is 1. The molecular weight excluding hydrogens is 142 g/mol. The molecule has 62 valence electrons. The zero-order chi connectivity index (χ0) is 8.85. The van der Waals surface area contributed by atoms with E-state index in [4.69, 9.17) is 0 Å². The van der Waals surface area contributed by atoms with Gasteiger partial charge in [0.1, 0.15) is 0 Å². The van der Waals surface area contributed by atoms with Crippen molar-refractivity contribution in [3.05, 3.63) is 12.7 Å². The molecule has 0 atom stereocenters. The van der Waals surface area contributed by atoms with Crippen molar-refractivity contribution in [3.8, 4) is 0 Å². The van der Waals surface area contributed by atoms with Crippen LogP contribution < -0.4 is 0 Å². The molecule has 0 aromatic rings. The summed E-state index contributed by atoms with van der Waals surface area (Å²) in [4.78, 5) is 12.5. The largest absolute Gasteiger partial charge is 0.339 e. The predicted octanol–water partition coefficient (Wildman–Crippen LogP) is 0.772. The second-order valence-corrected chi connectivity index (χ2v) is 2.20. The standard InChI is InChI=1S/C7H13N3O/c1-5-6-8-10(4)7(11)9(2)3/h5-6H,1H2,2-4H3/b8-6+. The van der Waals surface area contributed by atoms with E-state index in [1.807, 2.05) is 0 Å². The van der Waals surface area contributed by atoms with Gasteiger partial charge in [-0.3, -0.25) is 0 Å². The highest BCUT2D eigenvalue weighted by Crippen LogP contribution is 1.89. The molecule has 0 bridgehead atoms. The fourth-order valence-electron chi connectivity index (χ4n) is 0.486. The summed E-state index contributed by atoms with van der Waals surface area (Å²) in [5.74, 6) is 0. The van der Waals surface area contributed by atoms with Gasteiger partial charge >= 0.3 is 6.03 Å². The number of nitrogens with zero attached hydrogens (tertiary/aromatic N) is 3. The summed E-state index contributed by atoms with van der Waals surface area (Å²) in [5.41, 5.74) is 0. The van der Waals surface area contributed by atoms with Crippen molar-refractivity contribution < 1.29 is 4.79 Å². The number of hydrogen-bond acceptors (Lipinski definition) is 2. The lowest BCUT2D eigenvalue weighted by molar-refractivity contribution is 0.184. The van der Waals surface area contributed by atoms with Gasteiger partial charge in [-0.05, 0) is 6.08 Å². The van der Waals surface area contributed by atoms with Gasteiger partial charge in [0.25, 0.3) is 0 Å². The third kappa shape index (κ3) is 3.40. The van der Waals surface area contributed by atoms with Crippen LogP contribution in [0.2, 0.25) is 0 Å². The SMILES string of the molecule is C=C/C=N/N(C)C(=O)N(C)C. The Morgan fingerprint density at radius 3 is 2.36 bits per heavy atom. The number of urea groups is 1. The molecule has 11 heavy (non-hydrogen) atoms. The predicted molar refractivity (Wildman–Crippen MR) is 45.5 cm³/mol. The Bertz CT molecular complexity index is 175. The first kappa shape index (κ1) is 9.68. The van der Waals surface area contributed by atoms with E-state index in [1.165, 1.54) is 22.2 Å². The maximum atomic E-state index is 11.1. The molecule has 0 unspecified atom stereocenters. The minimum atomic E-state index is -0.164. The Morgan fingerprint density at radius 2 is 2.00 bits per heavy atom. The van der Waals surface area contributed by atoms with Crippen LogP contribution in [0, 0.1) is 0 Å². The molecule has 0 aliphatic carbocycles. The fourth-order valence-corrected chi connectivity index (χ4v) is 0.486. The molecule has 0 spiro atoms. The summed E-state index contributed by atoms with van der Waals surface area (Å²) >= 11 is 0. The molecular formula is C7H13N3O. The van der Waals surface area contributed by atoms with Crippen LogP contribution in [0.5, 0.6) is 0 Å². The fraction of sp³-hybridized carbons (Fsp3) is 0.429. The van der Waals surface area contributed by atoms with Gasteiger partial charge in [0.2, 0.25) is 0 Å². The highest BCUT2D eigenvalue weighted by Gasteiger charge is 2.06. The zero-order valence-corrected chi connectivity index (χ0v) is 7.11. The summed E-state index contributed by atoms with van der Waals surface area (Å²) in [6.45, 7) is 3.44. The van der Waals surface area contributed by atoms with Crippen molar-refractivity contribution in [3.63, 3.8) is 0 Å². The molecule has 0 saturated carbocycles. The van der Waals surface area contributed by atoms with E-state index >= 15 is 0 Å². The van der Waals surface area contributed by atoms with E-state index in [9.17, 15) is 4.79 Å². The normalized spacial score (nSPS) is 9.73. The Labute approximate surface area is 66.8 Å². The molecule has 0 saturated heterocycles. The zero-order valence-electron chi connectivity index (χ0n) is 7.11. The van der Waals surface area contributed by atoms with E-state index in [-0.39, 0.29) is 6.03 Å². The van der Waals surface area contributed by atoms with Gasteiger partial charge in [-0.1, -0.05) is 6.58 Å². The van der Waals surface area contributed by atoms with Crippen LogP contribution in [0.1, 0.15) is 0 Å². The smallest absolute Gasteiger partial charge is 0.329 e. The van der Waals surface area contributed by atoms with E-state index in [0.29, 0.717) is 0 Å². The topological polar surface area (TPSA) is 35.9 Å². The molecule has 0 heterocycles. The van der Waals surface area contributed by atoms with Crippen LogP contribution in [0.3, 0.4) is 0 Å². The average molecular weight is 155 g/mol. The van der Waals surface area contributed by atoms with Crippen LogP contribution in [-0.2, 0) is 0 Å². The summed E-state index contributed by atoms with van der Waals surface area (Å²) < 4.78 is 0. The summed E-state index contributed by atoms with van der Waals surface area (Å²) in [5, 5.41) is 5.00. The highest BCUT2D eigenvalue weighted by molar-refractivity contribution is 5.76. The van der Waals surface area contributed by atoms with Crippen molar-refractivity contribution in [2.24, 2.45) is 5.10 Å². The van der Waals surface area contributed by atoms with Crippen molar-refractivity contribution in [2.75, 3.05) is 21.1 Å². The van der Waals surface area contributed by atoms with Crippen molar-refractivity contribution >= 4 is 12.2 Å². The van der Waals surface area contributed by atoms with Crippen molar-refractivity contribution in [1.29, 1.82) is 0 Å². The maximum Gasteiger partial charge on any atom is 0.339 e. The second-order valence-electron chi connectivity index (χ2n) is 2.20. The average Bonchev–Trinajstić information content (AvgIpc) is 1.98. The van der Waals surface area contributed by atoms with E-state index in [0.717, 1.165) is 0 Å². The number of rotatable bonds is 2. The van der Waals surface area contributed by atoms with E-state index < -0.39 is 0 Å². The Hall–Kier alpha value is -1.32. The van der Waals surface area contributed by atoms with Crippen LogP contribution in [-0.4, -0.2) is 43.3 Å². The van der Waals surface area contributed by atoms with Gasteiger partial charge in [-0.2, -0.15) is 5.10 Å². The monoisotopic (exact) mass is 155 g/mol. The molecule has 0 aromatic carbocycles. The molecule has 0 fully saturated rings. The number of amides is 2. The van der Waals surface area contributed by atoms with Gasteiger partial charge < -0.3 is 4.90 Å². The van der Waals surface area contributed by atoms with Crippen LogP contribution in [0.25, 0.3) is 0 Å². The summed E-state index contributed by atoms with van der Waals surface area (Å²) in [7, 11) is 4.92. The summed E-state index contributed by atoms with van der Waals surface area (Å²) in [6, 6.07) is -0.164. The minimum Gasteiger partial charge on any atom is -0.329 e. The van der Waals surface area contributed by atoms with Crippen molar-refractivity contribution in [1.82, 2.24) is 9.91 Å². The van der Waals surface area contributed by atoms with Gasteiger partial charge in [0, 0.05) is 27.4 Å². The van der Waals surface area contributed by atoms with Crippen molar-refractivity contribution in [2.45, 2.75) is 0 Å². The van der Waals surface area contributed by atoms with Crippen LogP contribution >= 0.6 is 0 Å². The third-order valence-corrected chi connectivity index (χ3v) is 1.00. The molecule has 0 aliphatic rings. The first-order valence-corrected chi connectivity index (χ1v) is 3.19. The lowest BCUT2D eigenvalue weighted by Gasteiger charge is -2.16. The Morgan fingerprint density at radius 1 is 1.45 bits per heavy atom. The lowest BCUT2D eigenvalue weighted by atomic mass is 10.7. The molecule has 0 aromatic heterocycles. The van der Waals surface area contributed by atoms with Gasteiger partial charge in [-0.15, -0.1) is 0 Å². The number of hydrazone groups is 1. The third-order valence-electron chi connectivity index (χ3n) is 1.00. The van der Waals surface area contributed by atoms with Crippen LogP contribution in [0.4, 0.5) is 4.79 Å². The van der Waals surface area contributed by atoms with Crippen LogP contribution in [0.15, 0.2) is 17.8 Å². The maximum absolute atomic E-state index is 11.1. The Kier molecular flexibility index (Phi) is 3.95. The molecule has 0 radical (unpaired) electrons. The molecule has 0 rings (SSSR count). The van der Waals surface area contributed by atoms with Gasteiger partial charge in [-0.25, -0.2) is 9.80 Å². The number of carbonyl (C=O) groups excluding carboxylic acids is 1. The molecule has 0 N–H and O–H groups in total. The van der Waals surface area contributed by atoms with E-state index in [1.54, 1.807) is 21.1 Å². The van der Waals surface area contributed by atoms with Gasteiger partial charge in [0.05, 0.1) is 0 Å². The number of carbonyl (C=O) groups is 1. The lowest BCUT2D eigenvalue weighted by Crippen LogP contribution is -2.32. The summed E-state index contributed by atoms with van der Waals surface area (Å²) in [6.07, 6.45) is 2.97. The van der Waals surface area contributed by atoms with Gasteiger partial charge in [0.15, 0.2) is 0 Å². The molecule has 2 amide bonds. The minimum absolute atomic E-state index is 0.164. The molecule has 4 nitrogen and oxygen atoms in total. The molecule has 4 heteroatoms. The highest BCUT2D eigenvalue weighted by atomic mass is 16.2. The number of hydrogen-bond donors (Lipinski definition) is 0. The quantitative estimate of drug-likeness (QED) is 0.428. The first-order chi connectivity index (χ1) is 5.09. The first-order valence-electron chi connectivity index (χ1n) is 3.19. The van der Waals surface area contributed by atoms with E-state index in [2.05, 4.69) is 11.7 Å². The second kappa shape index (κ2) is 4.49. The molecule has 0 aliphatic heterocycles. The Balaban J connectivity index is 4.02.